The van der Waals surface area contributed by atoms with Gasteiger partial charge in [-0.1, -0.05) is 12.1 Å². The van der Waals surface area contributed by atoms with E-state index in [-0.39, 0.29) is 0 Å². The molecule has 2 rings (SSSR count). The molecule has 0 aliphatic carbocycles. The number of aromatic nitrogens is 2. The number of hydrogen-bond acceptors (Lipinski definition) is 6. The summed E-state index contributed by atoms with van der Waals surface area (Å²) in [5.74, 6) is 2.89. The largest absolute Gasteiger partial charge is 0.333 e. The van der Waals surface area contributed by atoms with E-state index in [1.807, 2.05) is 5.38 Å². The average molecular weight is 251 g/mol. The van der Waals surface area contributed by atoms with Crippen LogP contribution in [0.4, 0.5) is 0 Å². The molecule has 0 spiro atoms. The molecule has 0 atom stereocenters. The summed E-state index contributed by atoms with van der Waals surface area (Å²) in [4.78, 5) is 5.01. The molecule has 0 bridgehead atoms. The summed E-state index contributed by atoms with van der Waals surface area (Å²) in [6, 6.07) is 3.86. The zero-order valence-electron chi connectivity index (χ0n) is 8.64. The predicted molar refractivity (Wildman–Crippen MR) is 64.2 cm³/mol. The van der Waals surface area contributed by atoms with Crippen molar-refractivity contribution in [2.75, 3.05) is 5.75 Å². The maximum atomic E-state index is 8.88. The zero-order valence-corrected chi connectivity index (χ0v) is 10.3. The minimum absolute atomic E-state index is 0.443. The number of nitrogens with zero attached hydrogens (tertiary/aromatic N) is 3. The Morgan fingerprint density at radius 1 is 1.62 bits per heavy atom. The fourth-order valence-electron chi connectivity index (χ4n) is 1.16. The van der Waals surface area contributed by atoms with Crippen LogP contribution in [0.2, 0.25) is 0 Å². The second-order valence-corrected chi connectivity index (χ2v) is 5.12. The van der Waals surface area contributed by atoms with Crippen LogP contribution < -0.4 is 0 Å². The third-order valence-corrected chi connectivity index (χ3v) is 3.66. The van der Waals surface area contributed by atoms with Crippen molar-refractivity contribution in [1.29, 1.82) is 5.26 Å². The van der Waals surface area contributed by atoms with E-state index in [1.165, 1.54) is 11.3 Å². The third kappa shape index (κ3) is 2.26. The van der Waals surface area contributed by atoms with Gasteiger partial charge < -0.3 is 4.52 Å². The molecule has 0 radical (unpaired) electrons. The lowest BCUT2D eigenvalue weighted by Gasteiger charge is -1.89. The fourth-order valence-corrected chi connectivity index (χ4v) is 2.43. The van der Waals surface area contributed by atoms with Crippen LogP contribution in [-0.2, 0) is 5.75 Å². The molecule has 2 aromatic rings. The van der Waals surface area contributed by atoms with Gasteiger partial charge in [-0.3, -0.25) is 0 Å². The van der Waals surface area contributed by atoms with Gasteiger partial charge in [0.25, 0.3) is 5.89 Å². The van der Waals surface area contributed by atoms with Crippen LogP contribution in [0.15, 0.2) is 16.0 Å². The van der Waals surface area contributed by atoms with Crippen molar-refractivity contribution in [3.8, 4) is 16.8 Å². The molecule has 0 unspecified atom stereocenters. The van der Waals surface area contributed by atoms with Crippen molar-refractivity contribution in [1.82, 2.24) is 10.1 Å². The monoisotopic (exact) mass is 251 g/mol. The highest BCUT2D eigenvalue weighted by molar-refractivity contribution is 7.98. The summed E-state index contributed by atoms with van der Waals surface area (Å²) < 4.78 is 5.13. The van der Waals surface area contributed by atoms with Crippen molar-refractivity contribution in [3.63, 3.8) is 0 Å². The Morgan fingerprint density at radius 2 is 2.50 bits per heavy atom. The van der Waals surface area contributed by atoms with Crippen LogP contribution in [0.3, 0.4) is 0 Å². The first-order valence-corrected chi connectivity index (χ1v) is 6.77. The number of hydrogen-bond donors (Lipinski definition) is 0. The first-order chi connectivity index (χ1) is 7.85. The minimum Gasteiger partial charge on any atom is -0.333 e. The van der Waals surface area contributed by atoms with E-state index in [0.29, 0.717) is 17.3 Å². The maximum Gasteiger partial charge on any atom is 0.269 e. The lowest BCUT2D eigenvalue weighted by atomic mass is 10.3. The van der Waals surface area contributed by atoms with E-state index in [4.69, 9.17) is 9.78 Å². The molecule has 82 valence electrons. The van der Waals surface area contributed by atoms with Crippen molar-refractivity contribution in [3.05, 3.63) is 22.8 Å². The molecule has 0 amide bonds. The summed E-state index contributed by atoms with van der Waals surface area (Å²) in [6.07, 6.45) is 0. The highest BCUT2D eigenvalue weighted by Gasteiger charge is 2.14. The van der Waals surface area contributed by atoms with Crippen LogP contribution in [-0.4, -0.2) is 15.9 Å². The fraction of sp³-hybridized carbons (Fsp3) is 0.300. The number of thiophene rings is 1. The highest BCUT2D eigenvalue weighted by Crippen LogP contribution is 2.27. The summed E-state index contributed by atoms with van der Waals surface area (Å²) in [6.45, 7) is 2.08. The quantitative estimate of drug-likeness (QED) is 0.836. The molecule has 0 aliphatic rings. The molecular formula is C10H9N3OS2. The van der Waals surface area contributed by atoms with Gasteiger partial charge in [-0.05, 0) is 17.2 Å². The predicted octanol–water partition coefficient (Wildman–Crippen LogP) is 2.92. The normalized spacial score (nSPS) is 10.2. The lowest BCUT2D eigenvalue weighted by molar-refractivity contribution is 0.426. The van der Waals surface area contributed by atoms with Gasteiger partial charge in [-0.25, -0.2) is 0 Å². The summed E-state index contributed by atoms with van der Waals surface area (Å²) in [7, 11) is 0. The van der Waals surface area contributed by atoms with Crippen molar-refractivity contribution >= 4 is 23.1 Å². The van der Waals surface area contributed by atoms with Crippen LogP contribution in [0.1, 0.15) is 18.3 Å². The van der Waals surface area contributed by atoms with Crippen LogP contribution in [0, 0.1) is 11.3 Å². The Hall–Kier alpha value is -1.32. The Morgan fingerprint density at radius 3 is 3.25 bits per heavy atom. The molecule has 2 heterocycles. The van der Waals surface area contributed by atoms with Crippen LogP contribution in [0.5, 0.6) is 0 Å². The van der Waals surface area contributed by atoms with Crippen molar-refractivity contribution < 1.29 is 4.52 Å². The Balaban J connectivity index is 2.22. The van der Waals surface area contributed by atoms with Gasteiger partial charge in [0.1, 0.15) is 10.9 Å². The lowest BCUT2D eigenvalue weighted by Crippen LogP contribution is -1.84. The number of thioether (sulfide) groups is 1. The third-order valence-electron chi connectivity index (χ3n) is 1.88. The van der Waals surface area contributed by atoms with E-state index in [1.54, 1.807) is 17.8 Å². The van der Waals surface area contributed by atoms with Gasteiger partial charge in [0, 0.05) is 0 Å². The van der Waals surface area contributed by atoms with Crippen molar-refractivity contribution in [2.24, 2.45) is 0 Å². The second kappa shape index (κ2) is 5.14. The summed E-state index contributed by atoms with van der Waals surface area (Å²) in [5, 5.41) is 14.6. The van der Waals surface area contributed by atoms with Gasteiger partial charge in [0.15, 0.2) is 5.82 Å². The standard InChI is InChI=1S/C10H9N3OS2/c1-2-15-6-8-12-10(14-13-8)9-7(5-11)3-4-16-9/h3-4H,2,6H2,1H3. The molecule has 0 fully saturated rings. The number of nitriles is 1. The van der Waals surface area contributed by atoms with E-state index in [2.05, 4.69) is 23.1 Å². The molecule has 16 heavy (non-hydrogen) atoms. The molecule has 4 nitrogen and oxygen atoms in total. The second-order valence-electron chi connectivity index (χ2n) is 2.93. The van der Waals surface area contributed by atoms with Gasteiger partial charge >= 0.3 is 0 Å². The van der Waals surface area contributed by atoms with Crippen molar-refractivity contribution in [2.45, 2.75) is 12.7 Å². The minimum atomic E-state index is 0.443. The molecule has 2 aromatic heterocycles. The molecule has 0 aromatic carbocycles. The summed E-state index contributed by atoms with van der Waals surface area (Å²) >= 11 is 3.17. The highest BCUT2D eigenvalue weighted by atomic mass is 32.2. The first kappa shape index (κ1) is 11.2. The zero-order chi connectivity index (χ0) is 11.4. The van der Waals surface area contributed by atoms with Gasteiger partial charge in [0.2, 0.25) is 0 Å². The van der Waals surface area contributed by atoms with E-state index in [9.17, 15) is 0 Å². The topological polar surface area (TPSA) is 62.7 Å². The van der Waals surface area contributed by atoms with Gasteiger partial charge in [-0.15, -0.1) is 11.3 Å². The van der Waals surface area contributed by atoms with E-state index >= 15 is 0 Å². The van der Waals surface area contributed by atoms with Gasteiger partial charge in [0.05, 0.1) is 11.3 Å². The Bertz CT molecular complexity index is 512. The average Bonchev–Trinajstić information content (AvgIpc) is 2.94. The number of rotatable bonds is 4. The SMILES string of the molecule is CCSCc1noc(-c2sccc2C#N)n1. The molecule has 0 aliphatic heterocycles. The molecule has 0 saturated heterocycles. The molecular weight excluding hydrogens is 242 g/mol. The first-order valence-electron chi connectivity index (χ1n) is 4.73. The van der Waals surface area contributed by atoms with E-state index in [0.717, 1.165) is 16.4 Å². The smallest absolute Gasteiger partial charge is 0.269 e. The molecule has 0 N–H and O–H groups in total. The molecule has 0 saturated carbocycles. The van der Waals surface area contributed by atoms with Gasteiger partial charge in [-0.2, -0.15) is 22.0 Å². The van der Waals surface area contributed by atoms with E-state index < -0.39 is 0 Å². The molecule has 6 heteroatoms. The van der Waals surface area contributed by atoms with Crippen LogP contribution in [0.25, 0.3) is 10.8 Å². The summed E-state index contributed by atoms with van der Waals surface area (Å²) in [5.41, 5.74) is 0.586. The Kier molecular flexibility index (Phi) is 3.59. The maximum absolute atomic E-state index is 8.88. The van der Waals surface area contributed by atoms with Crippen LogP contribution >= 0.6 is 23.1 Å². The Labute approximate surface area is 101 Å².